The van der Waals surface area contributed by atoms with Crippen LogP contribution in [0.1, 0.15) is 30.4 Å². The lowest BCUT2D eigenvalue weighted by Gasteiger charge is -2.06. The quantitative estimate of drug-likeness (QED) is 0.732. The van der Waals surface area contributed by atoms with E-state index in [1.54, 1.807) is 6.07 Å². The van der Waals surface area contributed by atoms with Crippen molar-refractivity contribution in [2.45, 2.75) is 25.8 Å². The molecule has 2 rings (SSSR count). The van der Waals surface area contributed by atoms with Crippen molar-refractivity contribution in [3.63, 3.8) is 0 Å². The average molecular weight is 262 g/mol. The molecular weight excluding hydrogens is 243 g/mol. The number of hydrogen-bond donors (Lipinski definition) is 1. The maximum atomic E-state index is 13.2. The highest BCUT2D eigenvalue weighted by molar-refractivity contribution is 5.33. The second kappa shape index (κ2) is 7.22. The van der Waals surface area contributed by atoms with Crippen molar-refractivity contribution in [2.75, 3.05) is 19.8 Å². The van der Waals surface area contributed by atoms with Crippen LogP contribution in [0, 0.1) is 23.1 Å². The largest absolute Gasteiger partial charge is 0.381 e. The molecule has 1 aliphatic carbocycles. The van der Waals surface area contributed by atoms with Gasteiger partial charge in [-0.3, -0.25) is 0 Å². The zero-order valence-electron chi connectivity index (χ0n) is 11.0. The van der Waals surface area contributed by atoms with Gasteiger partial charge in [0.2, 0.25) is 0 Å². The van der Waals surface area contributed by atoms with Crippen molar-refractivity contribution in [2.24, 2.45) is 5.92 Å². The Morgan fingerprint density at radius 2 is 2.21 bits per heavy atom. The van der Waals surface area contributed by atoms with Crippen molar-refractivity contribution in [1.29, 1.82) is 5.26 Å². The molecule has 1 aromatic rings. The number of hydrogen-bond acceptors (Lipinski definition) is 3. The van der Waals surface area contributed by atoms with E-state index in [1.165, 1.54) is 25.0 Å². The van der Waals surface area contributed by atoms with Crippen LogP contribution in [0.3, 0.4) is 0 Å². The standard InChI is InChI=1S/C15H19FN2O/c16-15-7-13(9-17)6-14(8-15)10-18-4-1-5-19-11-12-2-3-12/h6-8,12,18H,1-5,10-11H2. The summed E-state index contributed by atoms with van der Waals surface area (Å²) in [6, 6.07) is 6.36. The minimum atomic E-state index is -0.358. The fourth-order valence-corrected chi connectivity index (χ4v) is 1.88. The molecule has 0 heterocycles. The number of nitrogens with one attached hydrogen (secondary N) is 1. The van der Waals surface area contributed by atoms with Crippen LogP contribution in [0.4, 0.5) is 4.39 Å². The minimum absolute atomic E-state index is 0.358. The summed E-state index contributed by atoms with van der Waals surface area (Å²) in [6.45, 7) is 3.09. The topological polar surface area (TPSA) is 45.0 Å². The molecule has 0 saturated heterocycles. The Hall–Kier alpha value is -1.44. The SMILES string of the molecule is N#Cc1cc(F)cc(CNCCCOCC2CC2)c1. The van der Waals surface area contributed by atoms with Gasteiger partial charge in [0.1, 0.15) is 5.82 Å². The molecule has 19 heavy (non-hydrogen) atoms. The van der Waals surface area contributed by atoms with Crippen molar-refractivity contribution < 1.29 is 9.13 Å². The molecule has 1 saturated carbocycles. The Balaban J connectivity index is 1.59. The summed E-state index contributed by atoms with van der Waals surface area (Å²) in [5, 5.41) is 12.0. The van der Waals surface area contributed by atoms with Crippen molar-refractivity contribution in [3.8, 4) is 6.07 Å². The molecule has 1 aromatic carbocycles. The molecule has 1 aliphatic rings. The van der Waals surface area contributed by atoms with Crippen molar-refractivity contribution in [3.05, 3.63) is 35.1 Å². The third kappa shape index (κ3) is 5.37. The molecule has 0 aromatic heterocycles. The van der Waals surface area contributed by atoms with E-state index in [-0.39, 0.29) is 5.82 Å². The molecule has 3 nitrogen and oxygen atoms in total. The number of nitriles is 1. The van der Waals surface area contributed by atoms with E-state index >= 15 is 0 Å². The lowest BCUT2D eigenvalue weighted by Crippen LogP contribution is -2.16. The lowest BCUT2D eigenvalue weighted by atomic mass is 10.1. The molecule has 0 unspecified atom stereocenters. The lowest BCUT2D eigenvalue weighted by molar-refractivity contribution is 0.122. The van der Waals surface area contributed by atoms with E-state index in [1.807, 2.05) is 6.07 Å². The van der Waals surface area contributed by atoms with Gasteiger partial charge in [-0.2, -0.15) is 5.26 Å². The summed E-state index contributed by atoms with van der Waals surface area (Å²) in [7, 11) is 0. The summed E-state index contributed by atoms with van der Waals surface area (Å²) in [5.41, 5.74) is 1.17. The monoisotopic (exact) mass is 262 g/mol. The van der Waals surface area contributed by atoms with Crippen LogP contribution in [0.2, 0.25) is 0 Å². The molecule has 102 valence electrons. The van der Waals surface area contributed by atoms with Crippen LogP contribution in [0.25, 0.3) is 0 Å². The van der Waals surface area contributed by atoms with Gasteiger partial charge in [-0.25, -0.2) is 4.39 Å². The Bertz CT molecular complexity index is 452. The number of halogens is 1. The zero-order valence-corrected chi connectivity index (χ0v) is 11.0. The first-order chi connectivity index (χ1) is 9.28. The van der Waals surface area contributed by atoms with Gasteiger partial charge in [0.25, 0.3) is 0 Å². The molecular formula is C15H19FN2O. The Morgan fingerprint density at radius 3 is 2.95 bits per heavy atom. The molecule has 4 heteroatoms. The van der Waals surface area contributed by atoms with E-state index in [0.29, 0.717) is 12.1 Å². The highest BCUT2D eigenvalue weighted by atomic mass is 19.1. The number of nitrogens with zero attached hydrogens (tertiary/aromatic N) is 1. The van der Waals surface area contributed by atoms with Gasteiger partial charge in [-0.05, 0) is 55.5 Å². The highest BCUT2D eigenvalue weighted by Gasteiger charge is 2.20. The van der Waals surface area contributed by atoms with Gasteiger partial charge in [0.15, 0.2) is 0 Å². The summed E-state index contributed by atoms with van der Waals surface area (Å²) in [4.78, 5) is 0. The zero-order chi connectivity index (χ0) is 13.5. The summed E-state index contributed by atoms with van der Waals surface area (Å²) in [6.07, 6.45) is 3.59. The molecule has 0 atom stereocenters. The Labute approximate surface area is 113 Å². The second-order valence-electron chi connectivity index (χ2n) is 5.01. The van der Waals surface area contributed by atoms with Crippen LogP contribution in [-0.4, -0.2) is 19.8 Å². The third-order valence-corrected chi connectivity index (χ3v) is 3.11. The Morgan fingerprint density at radius 1 is 1.37 bits per heavy atom. The van der Waals surface area contributed by atoms with Crippen LogP contribution in [0.5, 0.6) is 0 Å². The van der Waals surface area contributed by atoms with Crippen LogP contribution < -0.4 is 5.32 Å². The van der Waals surface area contributed by atoms with E-state index in [2.05, 4.69) is 5.32 Å². The van der Waals surface area contributed by atoms with Crippen LogP contribution >= 0.6 is 0 Å². The first kappa shape index (κ1) is 14.0. The van der Waals surface area contributed by atoms with E-state index in [9.17, 15) is 4.39 Å². The first-order valence-electron chi connectivity index (χ1n) is 6.76. The summed E-state index contributed by atoms with van der Waals surface area (Å²) < 4.78 is 18.7. The normalized spacial score (nSPS) is 14.3. The van der Waals surface area contributed by atoms with Crippen molar-refractivity contribution in [1.82, 2.24) is 5.32 Å². The second-order valence-corrected chi connectivity index (χ2v) is 5.01. The molecule has 0 radical (unpaired) electrons. The van der Waals surface area contributed by atoms with Gasteiger partial charge in [-0.1, -0.05) is 0 Å². The third-order valence-electron chi connectivity index (χ3n) is 3.11. The van der Waals surface area contributed by atoms with Gasteiger partial charge in [0.05, 0.1) is 11.6 Å². The van der Waals surface area contributed by atoms with Gasteiger partial charge in [-0.15, -0.1) is 0 Å². The van der Waals surface area contributed by atoms with E-state index < -0.39 is 0 Å². The predicted molar refractivity (Wildman–Crippen MR) is 71.0 cm³/mol. The molecule has 1 N–H and O–H groups in total. The van der Waals surface area contributed by atoms with Crippen LogP contribution in [0.15, 0.2) is 18.2 Å². The molecule has 0 aliphatic heterocycles. The van der Waals surface area contributed by atoms with Crippen LogP contribution in [-0.2, 0) is 11.3 Å². The molecule has 1 fully saturated rings. The van der Waals surface area contributed by atoms with Crippen molar-refractivity contribution >= 4 is 0 Å². The average Bonchev–Trinajstić information content (AvgIpc) is 3.21. The van der Waals surface area contributed by atoms with Gasteiger partial charge < -0.3 is 10.1 Å². The smallest absolute Gasteiger partial charge is 0.124 e. The minimum Gasteiger partial charge on any atom is -0.381 e. The first-order valence-corrected chi connectivity index (χ1v) is 6.76. The van der Waals surface area contributed by atoms with E-state index in [0.717, 1.165) is 37.7 Å². The predicted octanol–water partition coefficient (Wildman–Crippen LogP) is 2.60. The number of rotatable bonds is 8. The summed E-state index contributed by atoms with van der Waals surface area (Å²) in [5.74, 6) is 0.452. The molecule has 0 spiro atoms. The maximum Gasteiger partial charge on any atom is 0.124 e. The van der Waals surface area contributed by atoms with Gasteiger partial charge >= 0.3 is 0 Å². The number of ether oxygens (including phenoxy) is 1. The fourth-order valence-electron chi connectivity index (χ4n) is 1.88. The van der Waals surface area contributed by atoms with Gasteiger partial charge in [0, 0.05) is 19.8 Å². The van der Waals surface area contributed by atoms with E-state index in [4.69, 9.17) is 10.00 Å². The highest BCUT2D eigenvalue weighted by Crippen LogP contribution is 2.28. The summed E-state index contributed by atoms with van der Waals surface area (Å²) >= 11 is 0. The fraction of sp³-hybridized carbons (Fsp3) is 0.533. The molecule has 0 bridgehead atoms. The molecule has 0 amide bonds. The number of benzene rings is 1. The Kier molecular flexibility index (Phi) is 5.31. The maximum absolute atomic E-state index is 13.2.